The molecule has 4 heterocycles. The summed E-state index contributed by atoms with van der Waals surface area (Å²) >= 11 is 1.77. The minimum absolute atomic E-state index is 0. The van der Waals surface area contributed by atoms with Crippen molar-refractivity contribution in [1.82, 2.24) is 15.2 Å². The zero-order valence-corrected chi connectivity index (χ0v) is 21.2. The van der Waals surface area contributed by atoms with Crippen molar-refractivity contribution in [3.05, 3.63) is 36.4 Å². The molecule has 0 spiro atoms. The van der Waals surface area contributed by atoms with Gasteiger partial charge in [0, 0.05) is 54.3 Å². The number of benzene rings is 1. The van der Waals surface area contributed by atoms with Crippen LogP contribution in [-0.2, 0) is 4.79 Å². The van der Waals surface area contributed by atoms with Crippen LogP contribution in [0.15, 0.2) is 36.4 Å². The zero-order valence-electron chi connectivity index (χ0n) is 20.4. The van der Waals surface area contributed by atoms with Crippen LogP contribution in [0, 0.1) is 11.8 Å². The van der Waals surface area contributed by atoms with Crippen molar-refractivity contribution in [3.8, 4) is 17.0 Å². The summed E-state index contributed by atoms with van der Waals surface area (Å²) in [5, 5.41) is 4.27. The molecule has 2 fully saturated rings. The minimum Gasteiger partial charge on any atom is -0.492 e. The van der Waals surface area contributed by atoms with Crippen LogP contribution < -0.4 is 19.9 Å². The summed E-state index contributed by atoms with van der Waals surface area (Å²) in [6.07, 6.45) is 1.08. The summed E-state index contributed by atoms with van der Waals surface area (Å²) in [6, 6.07) is 12.6. The maximum absolute atomic E-state index is 12.8. The van der Waals surface area contributed by atoms with Gasteiger partial charge in [-0.3, -0.25) is 4.79 Å². The van der Waals surface area contributed by atoms with Gasteiger partial charge in [0.2, 0.25) is 5.91 Å². The van der Waals surface area contributed by atoms with E-state index in [1.54, 1.807) is 11.3 Å². The van der Waals surface area contributed by atoms with Crippen LogP contribution in [0.3, 0.4) is 0 Å². The smallest absolute Gasteiger partial charge is 0.227 e. The molecule has 0 saturated carbocycles. The van der Waals surface area contributed by atoms with Gasteiger partial charge >= 0.3 is 0 Å². The second-order valence-electron chi connectivity index (χ2n) is 9.52. The lowest BCUT2D eigenvalue weighted by Crippen LogP contribution is -2.42. The van der Waals surface area contributed by atoms with Gasteiger partial charge in [0.25, 0.3) is 0 Å². The number of fused-ring (bicyclic) bond motifs is 2. The van der Waals surface area contributed by atoms with E-state index in [4.69, 9.17) is 9.72 Å². The Labute approximate surface area is 206 Å². The fourth-order valence-corrected chi connectivity index (χ4v) is 6.05. The number of piperidine rings is 1. The Morgan fingerprint density at radius 2 is 2.03 bits per heavy atom. The van der Waals surface area contributed by atoms with Crippen LogP contribution >= 0.6 is 11.3 Å². The number of hydrogen-bond donors (Lipinski definition) is 1. The van der Waals surface area contributed by atoms with Gasteiger partial charge < -0.3 is 24.8 Å². The molecule has 1 N–H and O–H groups in total. The lowest BCUT2D eigenvalue weighted by molar-refractivity contribution is -0.137. The van der Waals surface area contributed by atoms with Crippen molar-refractivity contribution in [1.29, 1.82) is 0 Å². The number of likely N-dealkylation sites (N-methyl/N-ethyl adjacent to an activating group) is 1. The SMILES string of the molecule is CNCCOc1ccc(-c2cc(N3CC4CCN(C)C(=O)C4C3)c3sc(N(C)C)cc3n2)cc1.[HH]. The summed E-state index contributed by atoms with van der Waals surface area (Å²) < 4.78 is 6.98. The average Bonchev–Trinajstić information content (AvgIpc) is 3.46. The molecular formula is C26H35N5O2S. The molecule has 34 heavy (non-hydrogen) atoms. The second kappa shape index (κ2) is 9.43. The molecule has 8 heteroatoms. The summed E-state index contributed by atoms with van der Waals surface area (Å²) in [4.78, 5) is 24.3. The van der Waals surface area contributed by atoms with Crippen LogP contribution in [0.1, 0.15) is 7.85 Å². The third kappa shape index (κ3) is 4.32. The van der Waals surface area contributed by atoms with E-state index in [0.717, 1.165) is 55.1 Å². The first kappa shape index (κ1) is 22.9. The standard InChI is InChI=1S/C26H33N5O2S.H2/c1-27-10-12-33-19-7-5-17(6-8-19)21-13-23(25-22(28-21)14-24(34-25)29(2)3)31-15-18-9-11-30(4)26(32)20(18)16-31;/h5-8,13-14,18,20,27H,9-12,15-16H2,1-4H3;1H. The first-order valence-electron chi connectivity index (χ1n) is 11.9. The highest BCUT2D eigenvalue weighted by Crippen LogP contribution is 2.43. The van der Waals surface area contributed by atoms with E-state index in [2.05, 4.69) is 53.5 Å². The van der Waals surface area contributed by atoms with Gasteiger partial charge in [0.15, 0.2) is 0 Å². The number of anilines is 2. The molecule has 2 unspecified atom stereocenters. The van der Waals surface area contributed by atoms with Crippen molar-refractivity contribution in [2.24, 2.45) is 11.8 Å². The number of likely N-dealkylation sites (tertiary alicyclic amines) is 1. The van der Waals surface area contributed by atoms with Gasteiger partial charge in [-0.25, -0.2) is 4.98 Å². The summed E-state index contributed by atoms with van der Waals surface area (Å²) in [6.45, 7) is 4.01. The number of nitrogens with zero attached hydrogens (tertiary/aromatic N) is 4. The van der Waals surface area contributed by atoms with Crippen molar-refractivity contribution >= 4 is 38.1 Å². The largest absolute Gasteiger partial charge is 0.492 e. The molecule has 1 aromatic carbocycles. The Hall–Kier alpha value is -2.84. The number of carbonyl (C=O) groups is 1. The highest BCUT2D eigenvalue weighted by Gasteiger charge is 2.42. The zero-order chi connectivity index (χ0) is 23.8. The molecule has 2 aliphatic heterocycles. The Kier molecular flexibility index (Phi) is 6.36. The van der Waals surface area contributed by atoms with Crippen LogP contribution in [0.2, 0.25) is 0 Å². The Bertz CT molecular complexity index is 1180. The number of aromatic nitrogens is 1. The van der Waals surface area contributed by atoms with Crippen molar-refractivity contribution < 1.29 is 11.0 Å². The summed E-state index contributed by atoms with van der Waals surface area (Å²) in [5.41, 5.74) is 4.21. The van der Waals surface area contributed by atoms with Gasteiger partial charge in [0.1, 0.15) is 12.4 Å². The molecule has 3 aromatic rings. The van der Waals surface area contributed by atoms with Crippen LogP contribution in [0.5, 0.6) is 5.75 Å². The van der Waals surface area contributed by atoms with Crippen LogP contribution in [0.4, 0.5) is 10.7 Å². The van der Waals surface area contributed by atoms with Gasteiger partial charge in [-0.15, -0.1) is 11.3 Å². The number of amides is 1. The maximum atomic E-state index is 12.8. The van der Waals surface area contributed by atoms with Gasteiger partial charge in [-0.1, -0.05) is 0 Å². The van der Waals surface area contributed by atoms with Crippen LogP contribution in [0.25, 0.3) is 21.5 Å². The first-order chi connectivity index (χ1) is 16.4. The molecule has 2 saturated heterocycles. The molecule has 182 valence electrons. The molecule has 1 amide bonds. The van der Waals surface area contributed by atoms with E-state index in [-0.39, 0.29) is 7.34 Å². The highest BCUT2D eigenvalue weighted by atomic mass is 32.1. The number of thiophene rings is 1. The molecule has 7 nitrogen and oxygen atoms in total. The van der Waals surface area contributed by atoms with E-state index < -0.39 is 0 Å². The topological polar surface area (TPSA) is 60.9 Å². The van der Waals surface area contributed by atoms with Crippen molar-refractivity contribution in [2.45, 2.75) is 6.42 Å². The Morgan fingerprint density at radius 3 is 2.76 bits per heavy atom. The highest BCUT2D eigenvalue weighted by molar-refractivity contribution is 7.23. The summed E-state index contributed by atoms with van der Waals surface area (Å²) in [5.74, 6) is 1.67. The van der Waals surface area contributed by atoms with Gasteiger partial charge in [-0.05, 0) is 55.8 Å². The fourth-order valence-electron chi connectivity index (χ4n) is 4.98. The monoisotopic (exact) mass is 481 g/mol. The number of rotatable bonds is 7. The van der Waals surface area contributed by atoms with Crippen LogP contribution in [-0.4, -0.2) is 76.8 Å². The Balaban J connectivity index is 0.00000289. The molecule has 2 atom stereocenters. The van der Waals surface area contributed by atoms with E-state index in [0.29, 0.717) is 18.4 Å². The van der Waals surface area contributed by atoms with E-state index >= 15 is 0 Å². The molecule has 2 aromatic heterocycles. The summed E-state index contributed by atoms with van der Waals surface area (Å²) in [7, 11) is 7.98. The van der Waals surface area contributed by atoms with Crippen molar-refractivity contribution in [2.75, 3.05) is 70.8 Å². The van der Waals surface area contributed by atoms with Crippen molar-refractivity contribution in [3.63, 3.8) is 0 Å². The predicted molar refractivity (Wildman–Crippen MR) is 142 cm³/mol. The molecular weight excluding hydrogens is 446 g/mol. The molecule has 2 aliphatic rings. The van der Waals surface area contributed by atoms with E-state index in [1.165, 1.54) is 15.4 Å². The average molecular weight is 482 g/mol. The van der Waals surface area contributed by atoms with E-state index in [1.807, 2.05) is 31.1 Å². The number of pyridine rings is 1. The minimum atomic E-state index is 0. The third-order valence-electron chi connectivity index (χ3n) is 6.97. The molecule has 0 radical (unpaired) electrons. The molecule has 0 aliphatic carbocycles. The first-order valence-corrected chi connectivity index (χ1v) is 12.8. The third-order valence-corrected chi connectivity index (χ3v) is 8.28. The van der Waals surface area contributed by atoms with Gasteiger partial charge in [-0.2, -0.15) is 0 Å². The Morgan fingerprint density at radius 1 is 1.24 bits per heavy atom. The maximum Gasteiger partial charge on any atom is 0.227 e. The second-order valence-corrected chi connectivity index (χ2v) is 10.5. The molecule has 5 rings (SSSR count). The quantitative estimate of drug-likeness (QED) is 0.518. The van der Waals surface area contributed by atoms with E-state index in [9.17, 15) is 4.79 Å². The predicted octanol–water partition coefficient (Wildman–Crippen LogP) is 3.79. The normalized spacial score (nSPS) is 20.2. The lowest BCUT2D eigenvalue weighted by Gasteiger charge is -2.30. The lowest BCUT2D eigenvalue weighted by atomic mass is 9.88. The number of ether oxygens (including phenoxy) is 1. The number of nitrogens with one attached hydrogen (secondary N) is 1. The molecule has 0 bridgehead atoms. The fraction of sp³-hybridized carbons (Fsp3) is 0.462. The number of hydrogen-bond acceptors (Lipinski definition) is 7. The van der Waals surface area contributed by atoms with Gasteiger partial charge in [0.05, 0.1) is 32.5 Å². The number of carbonyl (C=O) groups excluding carboxylic acids is 1.